The molecule has 1 aliphatic rings. The highest BCUT2D eigenvalue weighted by atomic mass is 16.7. The Bertz CT molecular complexity index is 344. The molecule has 0 aromatic heterocycles. The topological polar surface area (TPSA) is 67.6 Å². The minimum Gasteiger partial charge on any atom is -0.399 e. The molecule has 1 heterocycles. The van der Waals surface area contributed by atoms with Crippen molar-refractivity contribution >= 4 is 0 Å². The lowest BCUT2D eigenvalue weighted by Gasteiger charge is -2.17. The molecule has 2 rings (SSSR count). The highest BCUT2D eigenvalue weighted by Crippen LogP contribution is 2.13. The van der Waals surface area contributed by atoms with Crippen molar-refractivity contribution in [2.45, 2.75) is 6.29 Å². The number of nitro groups is 1. The molecule has 1 aromatic carbocycles. The minimum atomic E-state index is -0.954. The zero-order valence-corrected chi connectivity index (χ0v) is 8.00. The first kappa shape index (κ1) is 9.88. The fourth-order valence-corrected chi connectivity index (χ4v) is 1.42. The first-order valence-electron chi connectivity index (χ1n) is 4.64. The Hall–Kier alpha value is -1.66. The summed E-state index contributed by atoms with van der Waals surface area (Å²) in [6.45, 7) is 1.05. The van der Waals surface area contributed by atoms with Gasteiger partial charge in [0.15, 0.2) is 0 Å². The second kappa shape index (κ2) is 4.24. The molecule has 1 saturated heterocycles. The van der Waals surface area contributed by atoms with Gasteiger partial charge in [-0.3, -0.25) is 10.1 Å². The number of hydrogen-bond donors (Lipinski definition) is 1. The molecule has 0 amide bonds. The molecule has 0 spiro atoms. The normalized spacial score (nSPS) is 21.5. The monoisotopic (exact) mass is 209 g/mol. The van der Waals surface area contributed by atoms with Crippen molar-refractivity contribution in [3.8, 4) is 5.75 Å². The van der Waals surface area contributed by atoms with E-state index in [0.717, 1.165) is 0 Å². The van der Waals surface area contributed by atoms with Crippen LogP contribution in [0.1, 0.15) is 0 Å². The van der Waals surface area contributed by atoms with Crippen LogP contribution in [-0.4, -0.2) is 29.4 Å². The molecule has 1 aromatic rings. The fourth-order valence-electron chi connectivity index (χ4n) is 1.42. The Balaban J connectivity index is 2.03. The molecule has 6 nitrogen and oxygen atoms in total. The average molecular weight is 209 g/mol. The summed E-state index contributed by atoms with van der Waals surface area (Å²) >= 11 is 0. The Morgan fingerprint density at radius 3 is 2.87 bits per heavy atom. The summed E-state index contributed by atoms with van der Waals surface area (Å²) in [5.74, 6) is 0.605. The number of hydroxylamine groups is 2. The molecule has 1 fully saturated rings. The van der Waals surface area contributed by atoms with Gasteiger partial charge in [0, 0.05) is 6.54 Å². The third kappa shape index (κ3) is 2.23. The second-order valence-electron chi connectivity index (χ2n) is 3.16. The molecule has 1 N–H and O–H groups in total. The van der Waals surface area contributed by atoms with Crippen LogP contribution < -0.4 is 10.2 Å². The molecule has 15 heavy (non-hydrogen) atoms. The van der Waals surface area contributed by atoms with E-state index in [4.69, 9.17) is 4.84 Å². The maximum Gasteiger partial charge on any atom is 0.355 e. The van der Waals surface area contributed by atoms with Crippen molar-refractivity contribution < 1.29 is 9.76 Å². The number of nitrogens with zero attached hydrogens (tertiary/aromatic N) is 2. The third-order valence-corrected chi connectivity index (χ3v) is 2.10. The van der Waals surface area contributed by atoms with Crippen molar-refractivity contribution in [3.63, 3.8) is 0 Å². The summed E-state index contributed by atoms with van der Waals surface area (Å²) in [7, 11) is 0. The van der Waals surface area contributed by atoms with Gasteiger partial charge in [0.25, 0.3) is 0 Å². The van der Waals surface area contributed by atoms with Gasteiger partial charge in [-0.2, -0.15) is 0 Å². The lowest BCUT2D eigenvalue weighted by Crippen LogP contribution is -2.43. The molecule has 6 heteroatoms. The van der Waals surface area contributed by atoms with Crippen LogP contribution in [0.3, 0.4) is 0 Å². The first-order chi connectivity index (χ1) is 7.27. The lowest BCUT2D eigenvalue weighted by atomic mass is 10.3. The van der Waals surface area contributed by atoms with Gasteiger partial charge in [0.2, 0.25) is 0 Å². The van der Waals surface area contributed by atoms with Gasteiger partial charge in [-0.05, 0) is 12.1 Å². The molecule has 80 valence electrons. The smallest absolute Gasteiger partial charge is 0.355 e. The van der Waals surface area contributed by atoms with E-state index in [-0.39, 0.29) is 0 Å². The van der Waals surface area contributed by atoms with Gasteiger partial charge in [-0.1, -0.05) is 23.3 Å². The molecule has 0 radical (unpaired) electrons. The summed E-state index contributed by atoms with van der Waals surface area (Å²) in [6.07, 6.45) is -0.954. The highest BCUT2D eigenvalue weighted by molar-refractivity contribution is 5.20. The highest BCUT2D eigenvalue weighted by Gasteiger charge is 2.35. The Kier molecular flexibility index (Phi) is 2.79. The molecular formula is C9H11N3O3. The summed E-state index contributed by atoms with van der Waals surface area (Å²) < 4.78 is 0. The van der Waals surface area contributed by atoms with E-state index in [1.54, 1.807) is 12.1 Å². The molecule has 0 saturated carbocycles. The van der Waals surface area contributed by atoms with Crippen LogP contribution in [0.4, 0.5) is 0 Å². The van der Waals surface area contributed by atoms with Crippen LogP contribution in [-0.2, 0) is 0 Å². The quantitative estimate of drug-likeness (QED) is 0.578. The van der Waals surface area contributed by atoms with Crippen molar-refractivity contribution in [1.82, 2.24) is 10.4 Å². The average Bonchev–Trinajstić information content (AvgIpc) is 2.67. The first-order valence-corrected chi connectivity index (χ1v) is 4.64. The largest absolute Gasteiger partial charge is 0.399 e. The van der Waals surface area contributed by atoms with E-state index >= 15 is 0 Å². The zero-order valence-electron chi connectivity index (χ0n) is 8.00. The number of rotatable bonds is 3. The van der Waals surface area contributed by atoms with E-state index in [9.17, 15) is 10.1 Å². The van der Waals surface area contributed by atoms with Gasteiger partial charge >= 0.3 is 6.29 Å². The molecule has 1 unspecified atom stereocenters. The maximum absolute atomic E-state index is 10.6. The van der Waals surface area contributed by atoms with Crippen molar-refractivity contribution in [1.29, 1.82) is 0 Å². The summed E-state index contributed by atoms with van der Waals surface area (Å²) in [4.78, 5) is 15.6. The van der Waals surface area contributed by atoms with Crippen molar-refractivity contribution in [2.75, 3.05) is 13.1 Å². The van der Waals surface area contributed by atoms with Gasteiger partial charge in [0.1, 0.15) is 5.75 Å². The van der Waals surface area contributed by atoms with Gasteiger partial charge in [-0.25, -0.2) is 5.32 Å². The number of hydrogen-bond acceptors (Lipinski definition) is 5. The number of benzene rings is 1. The Morgan fingerprint density at radius 2 is 2.20 bits per heavy atom. The van der Waals surface area contributed by atoms with Crippen LogP contribution in [0.2, 0.25) is 0 Å². The van der Waals surface area contributed by atoms with Gasteiger partial charge in [0.05, 0.1) is 11.5 Å². The summed E-state index contributed by atoms with van der Waals surface area (Å²) in [5.41, 5.74) is 0. The molecule has 1 atom stereocenters. The minimum absolute atomic E-state index is 0.407. The van der Waals surface area contributed by atoms with Crippen LogP contribution >= 0.6 is 0 Å². The number of nitrogens with one attached hydrogen (secondary N) is 1. The maximum atomic E-state index is 10.6. The SMILES string of the molecule is O=[N+]([O-])C1NCCN1Oc1ccccc1. The van der Waals surface area contributed by atoms with E-state index in [1.165, 1.54) is 5.06 Å². The second-order valence-corrected chi connectivity index (χ2v) is 3.16. The predicted molar refractivity (Wildman–Crippen MR) is 52.6 cm³/mol. The molecule has 0 bridgehead atoms. The van der Waals surface area contributed by atoms with Gasteiger partial charge < -0.3 is 4.84 Å². The van der Waals surface area contributed by atoms with E-state index in [2.05, 4.69) is 5.32 Å². The van der Waals surface area contributed by atoms with Crippen molar-refractivity contribution in [2.24, 2.45) is 0 Å². The van der Waals surface area contributed by atoms with Gasteiger partial charge in [-0.15, -0.1) is 0 Å². The molecule has 1 aliphatic heterocycles. The predicted octanol–water partition coefficient (Wildman–Crippen LogP) is 0.446. The lowest BCUT2D eigenvalue weighted by molar-refractivity contribution is -0.568. The van der Waals surface area contributed by atoms with E-state index in [1.807, 2.05) is 18.2 Å². The van der Waals surface area contributed by atoms with Crippen molar-refractivity contribution in [3.05, 3.63) is 40.4 Å². The summed E-state index contributed by atoms with van der Waals surface area (Å²) in [6, 6.07) is 9.02. The van der Waals surface area contributed by atoms with Crippen LogP contribution in [0.5, 0.6) is 5.75 Å². The number of para-hydroxylation sites is 1. The third-order valence-electron chi connectivity index (χ3n) is 2.10. The Morgan fingerprint density at radius 1 is 1.47 bits per heavy atom. The standard InChI is InChI=1S/C9H11N3O3/c13-12(14)9-10-6-7-11(9)15-8-4-2-1-3-5-8/h1-5,9-10H,6-7H2. The van der Waals surface area contributed by atoms with Crippen LogP contribution in [0.25, 0.3) is 0 Å². The van der Waals surface area contributed by atoms with Crippen LogP contribution in [0, 0.1) is 10.1 Å². The zero-order chi connectivity index (χ0) is 10.7. The Labute approximate surface area is 86.6 Å². The van der Waals surface area contributed by atoms with E-state index < -0.39 is 11.2 Å². The van der Waals surface area contributed by atoms with Crippen LogP contribution in [0.15, 0.2) is 30.3 Å². The molecular weight excluding hydrogens is 198 g/mol. The molecule has 0 aliphatic carbocycles. The van der Waals surface area contributed by atoms with E-state index in [0.29, 0.717) is 18.8 Å². The fraction of sp³-hybridized carbons (Fsp3) is 0.333. The summed E-state index contributed by atoms with van der Waals surface area (Å²) in [5, 5.41) is 14.7.